The second-order valence-corrected chi connectivity index (χ2v) is 16.2. The lowest BCUT2D eigenvalue weighted by molar-refractivity contribution is 0.00578. The Morgan fingerprint density at radius 3 is 1.36 bits per heavy atom. The van der Waals surface area contributed by atoms with Crippen molar-refractivity contribution in [2.75, 3.05) is 0 Å². The van der Waals surface area contributed by atoms with Gasteiger partial charge >= 0.3 is 21.1 Å². The van der Waals surface area contributed by atoms with Gasteiger partial charge in [-0.2, -0.15) is 0 Å². The smallest absolute Gasteiger partial charge is 0.405 e. The van der Waals surface area contributed by atoms with E-state index < -0.39 is 38.8 Å². The molecule has 0 spiro atoms. The third-order valence-corrected chi connectivity index (χ3v) is 11.0. The fourth-order valence-electron chi connectivity index (χ4n) is 4.81. The lowest BCUT2D eigenvalue weighted by atomic mass is 9.49. The average Bonchev–Trinajstić information content (AvgIpc) is 3.39. The highest BCUT2D eigenvalue weighted by molar-refractivity contribution is 9.10. The van der Waals surface area contributed by atoms with Crippen molar-refractivity contribution in [1.82, 2.24) is 0 Å². The number of carbonyl (C=O) groups is 1. The monoisotopic (exact) mass is 720 g/mol. The Kier molecular flexibility index (Phi) is 11.8. The molecule has 13 heteroatoms. The van der Waals surface area contributed by atoms with Crippen LogP contribution in [-0.2, 0) is 27.9 Å². The molecular formula is C34H50B3BrF2O7. The molecule has 0 bridgehead atoms. The highest BCUT2D eigenvalue weighted by Crippen LogP contribution is 2.43. The van der Waals surface area contributed by atoms with Gasteiger partial charge in [0.2, 0.25) is 0 Å². The summed E-state index contributed by atoms with van der Waals surface area (Å²) in [5.74, 6) is 0. The number of benzene rings is 2. The van der Waals surface area contributed by atoms with Crippen LogP contribution in [-0.4, -0.2) is 61.0 Å². The maximum atomic E-state index is 12.6. The van der Waals surface area contributed by atoms with E-state index in [0.29, 0.717) is 0 Å². The molecule has 0 unspecified atom stereocenters. The number of alkyl halides is 2. The van der Waals surface area contributed by atoms with Gasteiger partial charge in [-0.3, -0.25) is 4.79 Å². The predicted octanol–water partition coefficient (Wildman–Crippen LogP) is 8.05. The number of rotatable bonds is 4. The summed E-state index contributed by atoms with van der Waals surface area (Å²) in [6.45, 7) is 27.8. The number of carbonyl (C=O) groups excluding carboxylic acids is 1. The summed E-state index contributed by atoms with van der Waals surface area (Å²) < 4.78 is 62.0. The predicted molar refractivity (Wildman–Crippen MR) is 188 cm³/mol. The molecule has 0 N–H and O–H groups in total. The van der Waals surface area contributed by atoms with Crippen LogP contribution in [0.25, 0.3) is 0 Å². The molecule has 3 heterocycles. The molecule has 2 aromatic carbocycles. The minimum Gasteiger partial charge on any atom is -0.405 e. The molecule has 258 valence electrons. The van der Waals surface area contributed by atoms with Crippen molar-refractivity contribution in [1.29, 1.82) is 0 Å². The second-order valence-electron chi connectivity index (χ2n) is 15.4. The van der Waals surface area contributed by atoms with E-state index in [1.54, 1.807) is 19.1 Å². The molecular weight excluding hydrogens is 671 g/mol. The molecule has 3 saturated heterocycles. The molecule has 0 saturated carbocycles. The van der Waals surface area contributed by atoms with Crippen molar-refractivity contribution in [3.63, 3.8) is 0 Å². The largest absolute Gasteiger partial charge is 0.495 e. The van der Waals surface area contributed by atoms with E-state index in [0.717, 1.165) is 32.9 Å². The van der Waals surface area contributed by atoms with Crippen LogP contribution in [0.3, 0.4) is 0 Å². The third-order valence-electron chi connectivity index (χ3n) is 10.1. The van der Waals surface area contributed by atoms with Gasteiger partial charge in [0, 0.05) is 15.6 Å². The van der Waals surface area contributed by atoms with Crippen molar-refractivity contribution in [2.45, 2.75) is 137 Å². The minimum atomic E-state index is -2.45. The molecule has 3 aliphatic rings. The Morgan fingerprint density at radius 1 is 0.617 bits per heavy atom. The number of hydrogen-bond acceptors (Lipinski definition) is 7. The van der Waals surface area contributed by atoms with Gasteiger partial charge in [-0.15, -0.1) is 0 Å². The summed E-state index contributed by atoms with van der Waals surface area (Å²) in [6, 6.07) is 10.1. The van der Waals surface area contributed by atoms with E-state index in [1.165, 1.54) is 12.1 Å². The van der Waals surface area contributed by atoms with E-state index in [9.17, 15) is 13.6 Å². The van der Waals surface area contributed by atoms with Crippen LogP contribution >= 0.6 is 15.9 Å². The summed E-state index contributed by atoms with van der Waals surface area (Å²) in [4.78, 5) is 10.3. The summed E-state index contributed by atoms with van der Waals surface area (Å²) >= 11 is 3.34. The highest BCUT2D eigenvalue weighted by Gasteiger charge is 2.63. The van der Waals surface area contributed by atoms with E-state index in [-0.39, 0.29) is 28.0 Å². The number of aryl methyl sites for hydroxylation is 2. The fourth-order valence-corrected chi connectivity index (χ4v) is 5.06. The molecule has 0 aromatic heterocycles. The number of halogens is 3. The zero-order chi connectivity index (χ0) is 36.0. The highest BCUT2D eigenvalue weighted by atomic mass is 79.9. The van der Waals surface area contributed by atoms with Crippen LogP contribution in [0.1, 0.15) is 117 Å². The zero-order valence-electron chi connectivity index (χ0n) is 30.3. The first-order valence-electron chi connectivity index (χ1n) is 15.9. The van der Waals surface area contributed by atoms with Crippen LogP contribution < -0.4 is 5.46 Å². The number of hydrogen-bond donors (Lipinski definition) is 0. The van der Waals surface area contributed by atoms with Gasteiger partial charge < -0.3 is 27.9 Å². The molecule has 3 fully saturated rings. The summed E-state index contributed by atoms with van der Waals surface area (Å²) in [5, 5.41) is 0. The van der Waals surface area contributed by atoms with Crippen LogP contribution in [0.5, 0.6) is 0 Å². The van der Waals surface area contributed by atoms with Crippen LogP contribution in [0, 0.1) is 13.8 Å². The summed E-state index contributed by atoms with van der Waals surface area (Å²) in [5.41, 5.74) is 1.12. The third kappa shape index (κ3) is 8.77. The van der Waals surface area contributed by atoms with Crippen molar-refractivity contribution in [3.8, 4) is 0 Å². The number of aldehydes is 1. The van der Waals surface area contributed by atoms with Crippen molar-refractivity contribution in [2.24, 2.45) is 0 Å². The lowest BCUT2D eigenvalue weighted by Gasteiger charge is -2.32. The first-order chi connectivity index (χ1) is 21.3. The van der Waals surface area contributed by atoms with E-state index in [2.05, 4.69) is 15.9 Å². The summed E-state index contributed by atoms with van der Waals surface area (Å²) in [7, 11) is -1.45. The van der Waals surface area contributed by atoms with Gasteiger partial charge in [0.05, 0.1) is 33.6 Å². The van der Waals surface area contributed by atoms with E-state index in [1.807, 2.05) is 102 Å². The Balaban J connectivity index is 0.000000201. The van der Waals surface area contributed by atoms with Gasteiger partial charge in [0.25, 0.3) is 6.43 Å². The lowest BCUT2D eigenvalue weighted by Crippen LogP contribution is -2.41. The van der Waals surface area contributed by atoms with Crippen molar-refractivity contribution < 1.29 is 41.5 Å². The maximum absolute atomic E-state index is 12.6. The molecule has 47 heavy (non-hydrogen) atoms. The van der Waals surface area contributed by atoms with Gasteiger partial charge in [0.1, 0.15) is 6.29 Å². The Bertz CT molecular complexity index is 1350. The topological polar surface area (TPSA) is 72.5 Å². The fraction of sp³-hybridized carbons (Fsp3) is 0.618. The normalized spacial score (nSPS) is 22.8. The van der Waals surface area contributed by atoms with Crippen LogP contribution in [0.4, 0.5) is 8.78 Å². The molecule has 2 aromatic rings. The standard InChI is InChI=1S/C14H19BF2O2.C12H24B2O4.C8H7BrO/c1-9-8-10(12(16)17)6-7-11(9)15-18-13(2,3)14(4,5)19-15;1-9(2)10(3,4)16-13(15-9)14-17-11(5,6)12(7,8)18-14;1-6-4-7(5-10)2-3-8(6)9/h6-8,12H,1-5H3;1-8H3;2-5H,1H3. The van der Waals surface area contributed by atoms with Crippen LogP contribution in [0.15, 0.2) is 40.9 Å². The second kappa shape index (κ2) is 14.0. The van der Waals surface area contributed by atoms with Gasteiger partial charge in [-0.25, -0.2) is 8.78 Å². The zero-order valence-corrected chi connectivity index (χ0v) is 31.9. The Labute approximate surface area is 289 Å². The molecule has 0 radical (unpaired) electrons. The Morgan fingerprint density at radius 2 is 1.02 bits per heavy atom. The van der Waals surface area contributed by atoms with E-state index in [4.69, 9.17) is 27.9 Å². The van der Waals surface area contributed by atoms with Crippen LogP contribution in [0.2, 0.25) is 0 Å². The molecule has 7 nitrogen and oxygen atoms in total. The van der Waals surface area contributed by atoms with E-state index >= 15 is 0 Å². The average molecular weight is 721 g/mol. The maximum Gasteiger partial charge on any atom is 0.495 e. The molecule has 0 aliphatic carbocycles. The molecule has 0 amide bonds. The Hall–Kier alpha value is -1.60. The molecule has 5 rings (SSSR count). The van der Waals surface area contributed by atoms with Crippen molar-refractivity contribution >= 4 is 48.8 Å². The first-order valence-corrected chi connectivity index (χ1v) is 16.7. The van der Waals surface area contributed by atoms with Gasteiger partial charge in [0.15, 0.2) is 0 Å². The molecule has 3 aliphatic heterocycles. The van der Waals surface area contributed by atoms with Gasteiger partial charge in [-0.1, -0.05) is 45.8 Å². The first kappa shape index (κ1) is 39.8. The quantitative estimate of drug-likeness (QED) is 0.234. The van der Waals surface area contributed by atoms with Gasteiger partial charge in [-0.05, 0) is 120 Å². The summed E-state index contributed by atoms with van der Waals surface area (Å²) in [6.07, 6.45) is -1.61. The minimum absolute atomic E-state index is 0.0257. The van der Waals surface area contributed by atoms with Crippen molar-refractivity contribution in [3.05, 3.63) is 63.1 Å². The SMILES string of the molecule is CC1(C)OB(B2OC(C)(C)C(C)(C)O2)OC1(C)C.Cc1cc(C(F)F)ccc1B1OC(C)(C)C(C)(C)O1.Cc1cc(C=O)ccc1Br. The molecule has 0 atom stereocenters.